The number of nitro groups is 1. The van der Waals surface area contributed by atoms with Crippen molar-refractivity contribution in [3.8, 4) is 6.07 Å². The zero-order chi connectivity index (χ0) is 14.6. The van der Waals surface area contributed by atoms with E-state index in [9.17, 15) is 23.7 Å². The molecule has 0 radical (unpaired) electrons. The number of carbonyl (C=O) groups excluding carboxylic acids is 1. The number of methoxy groups -OCH3 is 1. The van der Waals surface area contributed by atoms with E-state index in [1.165, 1.54) is 6.07 Å². The molecule has 1 rings (SSSR count). The van der Waals surface area contributed by atoms with Gasteiger partial charge >= 0.3 is 18.2 Å². The Morgan fingerprint density at radius 1 is 1.68 bits per heavy atom. The SMILES string of the molecule is COC(=O)Cc1cc([N+](=O)[O-])nc(C(F)F)c1C#N. The van der Waals surface area contributed by atoms with E-state index < -0.39 is 40.8 Å². The van der Waals surface area contributed by atoms with E-state index in [1.807, 2.05) is 0 Å². The van der Waals surface area contributed by atoms with Gasteiger partial charge in [-0.3, -0.25) is 4.79 Å². The lowest BCUT2D eigenvalue weighted by molar-refractivity contribution is -0.389. The molecule has 100 valence electrons. The van der Waals surface area contributed by atoms with Crippen LogP contribution in [0, 0.1) is 21.4 Å². The average molecular weight is 271 g/mol. The van der Waals surface area contributed by atoms with Crippen LogP contribution in [0.3, 0.4) is 0 Å². The third kappa shape index (κ3) is 3.19. The normalized spacial score (nSPS) is 10.1. The van der Waals surface area contributed by atoms with Gasteiger partial charge in [0.25, 0.3) is 0 Å². The first-order valence-electron chi connectivity index (χ1n) is 4.84. The Morgan fingerprint density at radius 2 is 2.32 bits per heavy atom. The van der Waals surface area contributed by atoms with Gasteiger partial charge in [-0.25, -0.2) is 8.78 Å². The summed E-state index contributed by atoms with van der Waals surface area (Å²) in [6, 6.07) is 2.28. The van der Waals surface area contributed by atoms with E-state index in [2.05, 4.69) is 9.72 Å². The topological polar surface area (TPSA) is 106 Å². The molecule has 0 aliphatic rings. The molecule has 0 fully saturated rings. The van der Waals surface area contributed by atoms with Crippen LogP contribution in [0.2, 0.25) is 0 Å². The van der Waals surface area contributed by atoms with Gasteiger partial charge in [-0.1, -0.05) is 0 Å². The highest BCUT2D eigenvalue weighted by atomic mass is 19.3. The summed E-state index contributed by atoms with van der Waals surface area (Å²) in [5.74, 6) is -1.66. The number of pyridine rings is 1. The van der Waals surface area contributed by atoms with Gasteiger partial charge in [-0.05, 0) is 15.5 Å². The smallest absolute Gasteiger partial charge is 0.364 e. The average Bonchev–Trinajstić information content (AvgIpc) is 2.37. The number of esters is 1. The minimum atomic E-state index is -3.16. The van der Waals surface area contributed by atoms with Crippen molar-refractivity contribution in [3.63, 3.8) is 0 Å². The Bertz CT molecular complexity index is 569. The van der Waals surface area contributed by atoms with Gasteiger partial charge in [0, 0.05) is 6.07 Å². The Kier molecular flexibility index (Phi) is 4.41. The summed E-state index contributed by atoms with van der Waals surface area (Å²) in [6.45, 7) is 0. The zero-order valence-corrected chi connectivity index (χ0v) is 9.59. The number of nitriles is 1. The molecular formula is C10H7F2N3O4. The second-order valence-electron chi connectivity index (χ2n) is 3.32. The fourth-order valence-electron chi connectivity index (χ4n) is 1.35. The van der Waals surface area contributed by atoms with Gasteiger partial charge in [-0.2, -0.15) is 5.26 Å². The molecule has 7 nitrogen and oxygen atoms in total. The van der Waals surface area contributed by atoms with Crippen molar-refractivity contribution in [2.45, 2.75) is 12.8 Å². The highest BCUT2D eigenvalue weighted by molar-refractivity contribution is 5.74. The lowest BCUT2D eigenvalue weighted by Gasteiger charge is -2.05. The van der Waals surface area contributed by atoms with E-state index >= 15 is 0 Å². The molecule has 0 unspecified atom stereocenters. The number of ether oxygens (including phenoxy) is 1. The first kappa shape index (κ1) is 14.4. The maximum Gasteiger partial charge on any atom is 0.364 e. The highest BCUT2D eigenvalue weighted by Gasteiger charge is 2.28. The number of rotatable bonds is 4. The van der Waals surface area contributed by atoms with E-state index in [1.54, 1.807) is 0 Å². The van der Waals surface area contributed by atoms with Gasteiger partial charge in [0.05, 0.1) is 13.5 Å². The second-order valence-corrected chi connectivity index (χ2v) is 3.32. The number of hydrogen-bond acceptors (Lipinski definition) is 6. The molecule has 0 spiro atoms. The van der Waals surface area contributed by atoms with Gasteiger partial charge in [0.1, 0.15) is 11.6 Å². The van der Waals surface area contributed by atoms with E-state index in [4.69, 9.17) is 5.26 Å². The van der Waals surface area contributed by atoms with E-state index in [0.29, 0.717) is 0 Å². The standard InChI is InChI=1S/C10H7F2N3O4/c1-19-8(16)3-5-2-7(15(17)18)14-9(10(11)12)6(5)4-13/h2,10H,3H2,1H3. The van der Waals surface area contributed by atoms with Crippen molar-refractivity contribution < 1.29 is 23.2 Å². The summed E-state index contributed by atoms with van der Waals surface area (Å²) in [7, 11) is 1.07. The molecule has 1 heterocycles. The van der Waals surface area contributed by atoms with Crippen LogP contribution in [0.1, 0.15) is 23.2 Å². The lowest BCUT2D eigenvalue weighted by atomic mass is 10.0. The monoisotopic (exact) mass is 271 g/mol. The molecular weight excluding hydrogens is 264 g/mol. The molecule has 1 aromatic rings. The molecule has 0 aliphatic carbocycles. The van der Waals surface area contributed by atoms with Gasteiger partial charge in [0.15, 0.2) is 0 Å². The minimum Gasteiger partial charge on any atom is -0.469 e. The second kappa shape index (κ2) is 5.81. The summed E-state index contributed by atoms with van der Waals surface area (Å²) in [4.78, 5) is 23.8. The third-order valence-corrected chi connectivity index (χ3v) is 2.18. The van der Waals surface area contributed by atoms with E-state index in [-0.39, 0.29) is 5.56 Å². The number of halogens is 2. The summed E-state index contributed by atoms with van der Waals surface area (Å²) >= 11 is 0. The van der Waals surface area contributed by atoms with Gasteiger partial charge in [0.2, 0.25) is 5.69 Å². The van der Waals surface area contributed by atoms with Crippen molar-refractivity contribution >= 4 is 11.8 Å². The number of alkyl halides is 2. The molecule has 1 aromatic heterocycles. The number of carbonyl (C=O) groups is 1. The molecule has 0 saturated heterocycles. The van der Waals surface area contributed by atoms with Crippen molar-refractivity contribution in [1.29, 1.82) is 5.26 Å². The van der Waals surface area contributed by atoms with Gasteiger partial charge < -0.3 is 14.9 Å². The maximum atomic E-state index is 12.7. The first-order valence-corrected chi connectivity index (χ1v) is 4.84. The van der Waals surface area contributed by atoms with Crippen molar-refractivity contribution in [2.75, 3.05) is 7.11 Å². The maximum absolute atomic E-state index is 12.7. The Balaban J connectivity index is 3.45. The van der Waals surface area contributed by atoms with E-state index in [0.717, 1.165) is 13.2 Å². The molecule has 0 bridgehead atoms. The molecule has 0 amide bonds. The van der Waals surface area contributed by atoms with Crippen molar-refractivity contribution in [1.82, 2.24) is 4.98 Å². The molecule has 0 atom stereocenters. The summed E-state index contributed by atoms with van der Waals surface area (Å²) in [6.07, 6.45) is -3.69. The van der Waals surface area contributed by atoms with Crippen molar-refractivity contribution in [3.05, 3.63) is 33.0 Å². The van der Waals surface area contributed by atoms with Crippen LogP contribution in [-0.2, 0) is 16.0 Å². The van der Waals surface area contributed by atoms with Crippen molar-refractivity contribution in [2.24, 2.45) is 0 Å². The molecule has 0 saturated carbocycles. The molecule has 0 aromatic carbocycles. The minimum absolute atomic E-state index is 0.216. The van der Waals surface area contributed by atoms with Crippen LogP contribution in [0.5, 0.6) is 0 Å². The summed E-state index contributed by atoms with van der Waals surface area (Å²) in [5, 5.41) is 19.4. The van der Waals surface area contributed by atoms with Crippen LogP contribution < -0.4 is 0 Å². The Hall–Kier alpha value is -2.63. The predicted molar refractivity (Wildman–Crippen MR) is 56.3 cm³/mol. The fraction of sp³-hybridized carbons (Fsp3) is 0.300. The molecule has 19 heavy (non-hydrogen) atoms. The molecule has 9 heteroatoms. The Labute approximate surface area is 105 Å². The highest BCUT2D eigenvalue weighted by Crippen LogP contribution is 2.27. The molecule has 0 aliphatic heterocycles. The van der Waals surface area contributed by atoms with Crippen LogP contribution >= 0.6 is 0 Å². The predicted octanol–water partition coefficient (Wildman–Crippen LogP) is 1.51. The lowest BCUT2D eigenvalue weighted by Crippen LogP contribution is -2.10. The van der Waals surface area contributed by atoms with Gasteiger partial charge in [-0.15, -0.1) is 0 Å². The van der Waals surface area contributed by atoms with Crippen LogP contribution in [0.15, 0.2) is 6.07 Å². The third-order valence-electron chi connectivity index (χ3n) is 2.18. The summed E-state index contributed by atoms with van der Waals surface area (Å²) < 4.78 is 29.7. The first-order chi connectivity index (χ1) is 8.90. The quantitative estimate of drug-likeness (QED) is 0.466. The number of aromatic nitrogens is 1. The Morgan fingerprint density at radius 3 is 2.74 bits per heavy atom. The van der Waals surface area contributed by atoms with Crippen LogP contribution in [0.25, 0.3) is 0 Å². The zero-order valence-electron chi connectivity index (χ0n) is 9.59. The number of hydrogen-bond donors (Lipinski definition) is 0. The largest absolute Gasteiger partial charge is 0.469 e. The van der Waals surface area contributed by atoms with Crippen LogP contribution in [-0.4, -0.2) is 23.0 Å². The van der Waals surface area contributed by atoms with Crippen LogP contribution in [0.4, 0.5) is 14.6 Å². The number of nitrogens with zero attached hydrogens (tertiary/aromatic N) is 3. The fourth-order valence-corrected chi connectivity index (χ4v) is 1.35. The summed E-state index contributed by atoms with van der Waals surface area (Å²) in [5.41, 5.74) is -1.78. The molecule has 0 N–H and O–H groups in total.